The van der Waals surface area contributed by atoms with E-state index in [9.17, 15) is 4.79 Å². The quantitative estimate of drug-likeness (QED) is 0.908. The van der Waals surface area contributed by atoms with Crippen molar-refractivity contribution in [2.24, 2.45) is 5.92 Å². The van der Waals surface area contributed by atoms with E-state index in [1.165, 1.54) is 0 Å². The molecule has 2 atom stereocenters. The SMILES string of the molecule is CCn1cc(NC2CCOC(C(C)C)C2)ccc1=O. The average Bonchev–Trinajstić information content (AvgIpc) is 2.41. The lowest BCUT2D eigenvalue weighted by molar-refractivity contribution is -0.0160. The molecule has 0 aromatic carbocycles. The van der Waals surface area contributed by atoms with Crippen molar-refractivity contribution >= 4 is 5.69 Å². The number of pyridine rings is 1. The monoisotopic (exact) mass is 264 g/mol. The van der Waals surface area contributed by atoms with Gasteiger partial charge in [-0.2, -0.15) is 0 Å². The summed E-state index contributed by atoms with van der Waals surface area (Å²) in [6, 6.07) is 3.93. The highest BCUT2D eigenvalue weighted by molar-refractivity contribution is 5.41. The Morgan fingerprint density at radius 1 is 1.47 bits per heavy atom. The number of ether oxygens (including phenoxy) is 1. The first kappa shape index (κ1) is 14.1. The molecule has 2 heterocycles. The highest BCUT2D eigenvalue weighted by Crippen LogP contribution is 2.22. The summed E-state index contributed by atoms with van der Waals surface area (Å²) in [7, 11) is 0. The molecule has 0 aliphatic carbocycles. The Labute approximate surface area is 114 Å². The summed E-state index contributed by atoms with van der Waals surface area (Å²) >= 11 is 0. The minimum atomic E-state index is 0.0556. The first-order valence-corrected chi connectivity index (χ1v) is 7.18. The molecule has 19 heavy (non-hydrogen) atoms. The van der Waals surface area contributed by atoms with E-state index in [1.54, 1.807) is 10.6 Å². The van der Waals surface area contributed by atoms with E-state index >= 15 is 0 Å². The average molecular weight is 264 g/mol. The normalized spacial score (nSPS) is 23.6. The highest BCUT2D eigenvalue weighted by Gasteiger charge is 2.24. The third-order valence-electron chi connectivity index (χ3n) is 3.75. The number of aromatic nitrogens is 1. The Bertz CT molecular complexity index is 467. The maximum Gasteiger partial charge on any atom is 0.250 e. The van der Waals surface area contributed by atoms with Crippen LogP contribution in [0.15, 0.2) is 23.1 Å². The Morgan fingerprint density at radius 2 is 2.26 bits per heavy atom. The van der Waals surface area contributed by atoms with Gasteiger partial charge < -0.3 is 14.6 Å². The largest absolute Gasteiger partial charge is 0.381 e. The Kier molecular flexibility index (Phi) is 4.64. The van der Waals surface area contributed by atoms with Crippen LogP contribution >= 0.6 is 0 Å². The summed E-state index contributed by atoms with van der Waals surface area (Å²) in [5.74, 6) is 0.550. The minimum Gasteiger partial charge on any atom is -0.381 e. The number of hydrogen-bond donors (Lipinski definition) is 1. The maximum absolute atomic E-state index is 11.6. The predicted octanol–water partition coefficient (Wildman–Crippen LogP) is 2.48. The molecule has 0 saturated carbocycles. The molecular formula is C15H24N2O2. The summed E-state index contributed by atoms with van der Waals surface area (Å²) in [6.07, 6.45) is 4.29. The molecule has 1 N–H and O–H groups in total. The van der Waals surface area contributed by atoms with Gasteiger partial charge in [0.15, 0.2) is 0 Å². The Hall–Kier alpha value is -1.29. The van der Waals surface area contributed by atoms with Gasteiger partial charge in [0.05, 0.1) is 11.8 Å². The van der Waals surface area contributed by atoms with Crippen LogP contribution in [-0.2, 0) is 11.3 Å². The molecule has 1 aromatic rings. The molecule has 2 rings (SSSR count). The number of nitrogens with one attached hydrogen (secondary N) is 1. The summed E-state index contributed by atoms with van der Waals surface area (Å²) in [5.41, 5.74) is 1.08. The van der Waals surface area contributed by atoms with E-state index in [0.29, 0.717) is 24.6 Å². The molecule has 1 aromatic heterocycles. The molecular weight excluding hydrogens is 240 g/mol. The van der Waals surface area contributed by atoms with E-state index in [4.69, 9.17) is 4.74 Å². The van der Waals surface area contributed by atoms with E-state index in [-0.39, 0.29) is 5.56 Å². The van der Waals surface area contributed by atoms with Crippen molar-refractivity contribution in [2.45, 2.75) is 52.3 Å². The molecule has 1 aliphatic rings. The zero-order chi connectivity index (χ0) is 13.8. The summed E-state index contributed by atoms with van der Waals surface area (Å²) in [5, 5.41) is 3.53. The van der Waals surface area contributed by atoms with Crippen LogP contribution in [0.3, 0.4) is 0 Å². The zero-order valence-electron chi connectivity index (χ0n) is 12.1. The summed E-state index contributed by atoms with van der Waals surface area (Å²) in [6.45, 7) is 7.90. The van der Waals surface area contributed by atoms with Gasteiger partial charge in [0.1, 0.15) is 0 Å². The van der Waals surface area contributed by atoms with Gasteiger partial charge in [0.25, 0.3) is 5.56 Å². The minimum absolute atomic E-state index is 0.0556. The summed E-state index contributed by atoms with van der Waals surface area (Å²) in [4.78, 5) is 11.6. The lowest BCUT2D eigenvalue weighted by Crippen LogP contribution is -2.36. The Balaban J connectivity index is 2.02. The van der Waals surface area contributed by atoms with Gasteiger partial charge in [-0.3, -0.25) is 4.79 Å². The first-order valence-electron chi connectivity index (χ1n) is 7.18. The van der Waals surface area contributed by atoms with Crippen LogP contribution in [0.2, 0.25) is 0 Å². The lowest BCUT2D eigenvalue weighted by atomic mass is 9.95. The number of nitrogens with zero attached hydrogens (tertiary/aromatic N) is 1. The van der Waals surface area contributed by atoms with Gasteiger partial charge in [-0.15, -0.1) is 0 Å². The number of aryl methyl sites for hydroxylation is 1. The molecule has 106 valence electrons. The van der Waals surface area contributed by atoms with Crippen LogP contribution in [-0.4, -0.2) is 23.3 Å². The van der Waals surface area contributed by atoms with Gasteiger partial charge >= 0.3 is 0 Å². The van der Waals surface area contributed by atoms with Gasteiger partial charge in [-0.25, -0.2) is 0 Å². The molecule has 4 nitrogen and oxygen atoms in total. The van der Waals surface area contributed by atoms with Crippen LogP contribution in [0, 0.1) is 5.92 Å². The molecule has 1 saturated heterocycles. The van der Waals surface area contributed by atoms with Crippen molar-refractivity contribution in [1.82, 2.24) is 4.57 Å². The second-order valence-corrected chi connectivity index (χ2v) is 5.56. The van der Waals surface area contributed by atoms with Crippen LogP contribution in [0.25, 0.3) is 0 Å². The Morgan fingerprint density at radius 3 is 2.95 bits per heavy atom. The molecule has 1 aliphatic heterocycles. The third kappa shape index (κ3) is 3.60. The number of anilines is 1. The van der Waals surface area contributed by atoms with Gasteiger partial charge in [0.2, 0.25) is 0 Å². The second kappa shape index (κ2) is 6.24. The number of rotatable bonds is 4. The van der Waals surface area contributed by atoms with Gasteiger partial charge in [-0.05, 0) is 31.7 Å². The van der Waals surface area contributed by atoms with Gasteiger partial charge in [0, 0.05) is 31.5 Å². The standard InChI is InChI=1S/C15H24N2O2/c1-4-17-10-13(5-6-15(17)18)16-12-7-8-19-14(9-12)11(2)3/h5-6,10-12,14,16H,4,7-9H2,1-3H3. The van der Waals surface area contributed by atoms with Crippen molar-refractivity contribution in [1.29, 1.82) is 0 Å². The van der Waals surface area contributed by atoms with Crippen molar-refractivity contribution in [3.8, 4) is 0 Å². The van der Waals surface area contributed by atoms with E-state index in [1.807, 2.05) is 19.2 Å². The van der Waals surface area contributed by atoms with Crippen molar-refractivity contribution < 1.29 is 4.74 Å². The lowest BCUT2D eigenvalue weighted by Gasteiger charge is -2.33. The fraction of sp³-hybridized carbons (Fsp3) is 0.667. The topological polar surface area (TPSA) is 43.3 Å². The highest BCUT2D eigenvalue weighted by atomic mass is 16.5. The van der Waals surface area contributed by atoms with Crippen LogP contribution in [0.5, 0.6) is 0 Å². The van der Waals surface area contributed by atoms with Crippen LogP contribution in [0.1, 0.15) is 33.6 Å². The van der Waals surface area contributed by atoms with E-state index < -0.39 is 0 Å². The fourth-order valence-corrected chi connectivity index (χ4v) is 2.52. The zero-order valence-corrected chi connectivity index (χ0v) is 12.1. The molecule has 0 spiro atoms. The predicted molar refractivity (Wildman–Crippen MR) is 77.6 cm³/mol. The molecule has 1 fully saturated rings. The van der Waals surface area contributed by atoms with Crippen molar-refractivity contribution in [2.75, 3.05) is 11.9 Å². The number of hydrogen-bond acceptors (Lipinski definition) is 3. The fourth-order valence-electron chi connectivity index (χ4n) is 2.52. The molecule has 4 heteroatoms. The first-order chi connectivity index (χ1) is 9.10. The third-order valence-corrected chi connectivity index (χ3v) is 3.75. The molecule has 2 unspecified atom stereocenters. The van der Waals surface area contributed by atoms with E-state index in [0.717, 1.165) is 25.1 Å². The smallest absolute Gasteiger partial charge is 0.250 e. The second-order valence-electron chi connectivity index (χ2n) is 5.56. The summed E-state index contributed by atoms with van der Waals surface area (Å²) < 4.78 is 7.50. The molecule has 0 amide bonds. The van der Waals surface area contributed by atoms with Gasteiger partial charge in [-0.1, -0.05) is 13.8 Å². The van der Waals surface area contributed by atoms with Crippen molar-refractivity contribution in [3.05, 3.63) is 28.7 Å². The molecule has 0 radical (unpaired) electrons. The molecule has 0 bridgehead atoms. The maximum atomic E-state index is 11.6. The van der Waals surface area contributed by atoms with Crippen LogP contribution < -0.4 is 10.9 Å². The van der Waals surface area contributed by atoms with Crippen molar-refractivity contribution in [3.63, 3.8) is 0 Å². The van der Waals surface area contributed by atoms with Crippen LogP contribution in [0.4, 0.5) is 5.69 Å². The van der Waals surface area contributed by atoms with E-state index in [2.05, 4.69) is 19.2 Å².